The fourth-order valence-corrected chi connectivity index (χ4v) is 3.41. The molecule has 1 amide bonds. The van der Waals surface area contributed by atoms with Crippen molar-refractivity contribution in [2.24, 2.45) is 0 Å². The summed E-state index contributed by atoms with van der Waals surface area (Å²) in [5.74, 6) is 0.00132. The predicted octanol–water partition coefficient (Wildman–Crippen LogP) is 0.486. The minimum absolute atomic E-state index is 0.00132. The Labute approximate surface area is 150 Å². The number of aromatic nitrogens is 6. The molecule has 0 spiro atoms. The van der Waals surface area contributed by atoms with Gasteiger partial charge < -0.3 is 9.80 Å². The van der Waals surface area contributed by atoms with Gasteiger partial charge in [-0.05, 0) is 32.3 Å². The Morgan fingerprint density at radius 3 is 2.62 bits per heavy atom. The second-order valence-corrected chi connectivity index (χ2v) is 6.59. The summed E-state index contributed by atoms with van der Waals surface area (Å²) in [6.07, 6.45) is 6.88. The van der Waals surface area contributed by atoms with E-state index >= 15 is 0 Å². The molecule has 1 saturated heterocycles. The first-order valence-electron chi connectivity index (χ1n) is 8.42. The second-order valence-electron chi connectivity index (χ2n) is 6.59. The number of carbonyl (C=O) groups is 1. The predicted molar refractivity (Wildman–Crippen MR) is 93.8 cm³/mol. The molecule has 3 heterocycles. The number of likely N-dealkylation sites (N-methyl/N-ethyl adjacent to an activating group) is 1. The Kier molecular flexibility index (Phi) is 4.21. The van der Waals surface area contributed by atoms with Crippen LogP contribution in [-0.4, -0.2) is 78.9 Å². The quantitative estimate of drug-likeness (QED) is 0.679. The van der Waals surface area contributed by atoms with Gasteiger partial charge in [-0.2, -0.15) is 0 Å². The van der Waals surface area contributed by atoms with Crippen molar-refractivity contribution in [1.82, 2.24) is 39.8 Å². The summed E-state index contributed by atoms with van der Waals surface area (Å²) in [6.45, 7) is 1.24. The summed E-state index contributed by atoms with van der Waals surface area (Å²) in [5.41, 5.74) is 1.44. The third-order valence-corrected chi connectivity index (χ3v) is 4.77. The fourth-order valence-electron chi connectivity index (χ4n) is 3.41. The highest BCUT2D eigenvalue weighted by molar-refractivity contribution is 5.95. The summed E-state index contributed by atoms with van der Waals surface area (Å²) >= 11 is 0. The summed E-state index contributed by atoms with van der Waals surface area (Å²) in [5, 5.41) is 15.8. The molecule has 0 aliphatic carbocycles. The molecule has 0 saturated carbocycles. The molecule has 0 radical (unpaired) electrons. The first-order chi connectivity index (χ1) is 12.6. The number of amides is 1. The fraction of sp³-hybridized carbons (Fsp3) is 0.353. The molecule has 26 heavy (non-hydrogen) atoms. The van der Waals surface area contributed by atoms with Crippen LogP contribution in [0.3, 0.4) is 0 Å². The lowest BCUT2D eigenvalue weighted by Crippen LogP contribution is -2.37. The first-order valence-corrected chi connectivity index (χ1v) is 8.42. The topological polar surface area (TPSA) is 85.0 Å². The van der Waals surface area contributed by atoms with E-state index in [2.05, 4.69) is 25.5 Å². The average Bonchev–Trinajstić information content (AvgIpc) is 3.42. The van der Waals surface area contributed by atoms with Gasteiger partial charge in [0.05, 0.1) is 36.4 Å². The van der Waals surface area contributed by atoms with Crippen molar-refractivity contribution in [3.05, 3.63) is 54.6 Å². The van der Waals surface area contributed by atoms with E-state index in [0.29, 0.717) is 18.7 Å². The summed E-state index contributed by atoms with van der Waals surface area (Å²) in [7, 11) is 4.04. The van der Waals surface area contributed by atoms with Crippen molar-refractivity contribution >= 4 is 5.91 Å². The number of nitrogens with zero attached hydrogens (tertiary/aromatic N) is 8. The summed E-state index contributed by atoms with van der Waals surface area (Å²) < 4.78 is 3.48. The average molecular weight is 352 g/mol. The molecule has 0 unspecified atom stereocenters. The van der Waals surface area contributed by atoms with Crippen LogP contribution in [0.4, 0.5) is 0 Å². The molecule has 3 aromatic rings. The van der Waals surface area contributed by atoms with Gasteiger partial charge in [-0.25, -0.2) is 9.36 Å². The van der Waals surface area contributed by atoms with Gasteiger partial charge in [0.15, 0.2) is 0 Å². The number of hydrogen-bond acceptors (Lipinski definition) is 6. The van der Waals surface area contributed by atoms with Crippen LogP contribution in [0.2, 0.25) is 0 Å². The Morgan fingerprint density at radius 2 is 1.92 bits per heavy atom. The molecule has 1 aromatic carbocycles. The molecule has 4 rings (SSSR count). The highest BCUT2D eigenvalue weighted by Crippen LogP contribution is 2.26. The maximum atomic E-state index is 13.1. The third kappa shape index (κ3) is 2.97. The zero-order chi connectivity index (χ0) is 18.1. The standard InChI is InChI=1S/C17H20N8O/c1-22(2)15-11-23(12-16(15)25-9-7-19-21-25)17(26)13-4-3-5-14(10-13)24-8-6-18-20-24/h3-10,15-16H,11-12H2,1-2H3/t15-,16+/m1/s1. The van der Waals surface area contributed by atoms with Crippen molar-refractivity contribution in [2.75, 3.05) is 27.2 Å². The van der Waals surface area contributed by atoms with Gasteiger partial charge in [0, 0.05) is 24.8 Å². The molecule has 0 N–H and O–H groups in total. The molecule has 134 valence electrons. The van der Waals surface area contributed by atoms with Gasteiger partial charge in [-0.1, -0.05) is 16.5 Å². The van der Waals surface area contributed by atoms with E-state index < -0.39 is 0 Å². The van der Waals surface area contributed by atoms with E-state index in [4.69, 9.17) is 0 Å². The molecule has 2 aromatic heterocycles. The lowest BCUT2D eigenvalue weighted by molar-refractivity contribution is 0.0781. The van der Waals surface area contributed by atoms with E-state index in [1.54, 1.807) is 23.3 Å². The van der Waals surface area contributed by atoms with Gasteiger partial charge in [-0.3, -0.25) is 4.79 Å². The van der Waals surface area contributed by atoms with Crippen LogP contribution in [-0.2, 0) is 0 Å². The van der Waals surface area contributed by atoms with Crippen LogP contribution in [0.25, 0.3) is 5.69 Å². The molecule has 2 atom stereocenters. The molecular weight excluding hydrogens is 332 g/mol. The lowest BCUT2D eigenvalue weighted by Gasteiger charge is -2.24. The SMILES string of the molecule is CN(C)[C@@H]1CN(C(=O)c2cccc(-n3ccnn3)c2)C[C@@H]1n1ccnn1. The molecule has 9 nitrogen and oxygen atoms in total. The van der Waals surface area contributed by atoms with Gasteiger partial charge in [-0.15, -0.1) is 10.2 Å². The minimum Gasteiger partial charge on any atom is -0.335 e. The van der Waals surface area contributed by atoms with Crippen LogP contribution in [0.15, 0.2) is 49.1 Å². The highest BCUT2D eigenvalue weighted by Gasteiger charge is 2.38. The molecule has 1 fully saturated rings. The van der Waals surface area contributed by atoms with Gasteiger partial charge in [0.25, 0.3) is 5.91 Å². The normalized spacial score (nSPS) is 20.0. The van der Waals surface area contributed by atoms with Crippen LogP contribution in [0.1, 0.15) is 16.4 Å². The third-order valence-electron chi connectivity index (χ3n) is 4.77. The van der Waals surface area contributed by atoms with Crippen molar-refractivity contribution < 1.29 is 4.79 Å². The Balaban J connectivity index is 1.58. The van der Waals surface area contributed by atoms with Crippen molar-refractivity contribution in [2.45, 2.75) is 12.1 Å². The van der Waals surface area contributed by atoms with Gasteiger partial charge >= 0.3 is 0 Å². The summed E-state index contributed by atoms with van der Waals surface area (Å²) in [6, 6.07) is 7.68. The maximum Gasteiger partial charge on any atom is 0.254 e. The summed E-state index contributed by atoms with van der Waals surface area (Å²) in [4.78, 5) is 17.1. The molecule has 9 heteroatoms. The monoisotopic (exact) mass is 352 g/mol. The lowest BCUT2D eigenvalue weighted by atomic mass is 10.1. The molecular formula is C17H20N8O. The molecule has 1 aliphatic rings. The highest BCUT2D eigenvalue weighted by atomic mass is 16.2. The second kappa shape index (κ2) is 6.68. The van der Waals surface area contributed by atoms with E-state index in [1.165, 1.54) is 0 Å². The van der Waals surface area contributed by atoms with Crippen LogP contribution < -0.4 is 0 Å². The number of benzene rings is 1. The van der Waals surface area contributed by atoms with E-state index in [1.807, 2.05) is 54.1 Å². The zero-order valence-electron chi connectivity index (χ0n) is 14.7. The number of likely N-dealkylation sites (tertiary alicyclic amines) is 1. The van der Waals surface area contributed by atoms with E-state index in [-0.39, 0.29) is 18.0 Å². The van der Waals surface area contributed by atoms with Crippen molar-refractivity contribution in [3.8, 4) is 5.69 Å². The number of hydrogen-bond donors (Lipinski definition) is 0. The molecule has 1 aliphatic heterocycles. The smallest absolute Gasteiger partial charge is 0.254 e. The van der Waals surface area contributed by atoms with Crippen molar-refractivity contribution in [1.29, 1.82) is 0 Å². The Hall–Kier alpha value is -3.07. The Morgan fingerprint density at radius 1 is 1.12 bits per heavy atom. The molecule has 0 bridgehead atoms. The minimum atomic E-state index is 0.00132. The van der Waals surface area contributed by atoms with Crippen molar-refractivity contribution in [3.63, 3.8) is 0 Å². The number of rotatable bonds is 4. The largest absolute Gasteiger partial charge is 0.335 e. The van der Waals surface area contributed by atoms with E-state index in [0.717, 1.165) is 5.69 Å². The van der Waals surface area contributed by atoms with Gasteiger partial charge in [0.2, 0.25) is 0 Å². The van der Waals surface area contributed by atoms with Crippen LogP contribution in [0, 0.1) is 0 Å². The number of carbonyl (C=O) groups excluding carboxylic acids is 1. The van der Waals surface area contributed by atoms with Gasteiger partial charge in [0.1, 0.15) is 0 Å². The zero-order valence-corrected chi connectivity index (χ0v) is 14.7. The van der Waals surface area contributed by atoms with Crippen LogP contribution in [0.5, 0.6) is 0 Å². The first kappa shape index (κ1) is 16.4. The van der Waals surface area contributed by atoms with Crippen LogP contribution >= 0.6 is 0 Å². The Bertz CT molecular complexity index is 874. The van der Waals surface area contributed by atoms with E-state index in [9.17, 15) is 4.79 Å². The maximum absolute atomic E-state index is 13.1.